The van der Waals surface area contributed by atoms with Gasteiger partial charge in [-0.15, -0.1) is 0 Å². The average Bonchev–Trinajstić information content (AvgIpc) is 3.60. The van der Waals surface area contributed by atoms with Crippen LogP contribution in [0.1, 0.15) is 42.5 Å². The van der Waals surface area contributed by atoms with E-state index < -0.39 is 104 Å². The first kappa shape index (κ1) is 53.7. The molecule has 8 N–H and O–H groups in total. The number of likely N-dealkylation sites (tertiary alicyclic amines) is 1. The van der Waals surface area contributed by atoms with Crippen LogP contribution in [0.4, 0.5) is 14.5 Å². The Kier molecular flexibility index (Phi) is 20.4. The molecule has 68 heavy (non-hydrogen) atoms. The summed E-state index contributed by atoms with van der Waals surface area (Å²) in [6.45, 7) is -1.93. The third-order valence-corrected chi connectivity index (χ3v) is 11.1. The molecule has 26 heteroatoms. The number of rotatable bonds is 21. The Morgan fingerprint density at radius 1 is 0.735 bits per heavy atom. The number of carboxylic acid groups (broad SMARTS) is 4. The lowest BCUT2D eigenvalue weighted by atomic mass is 10.1. The van der Waals surface area contributed by atoms with Crippen molar-refractivity contribution in [2.45, 2.75) is 50.1 Å². The molecule has 1 aromatic carbocycles. The van der Waals surface area contributed by atoms with Gasteiger partial charge in [-0.3, -0.25) is 67.7 Å². The number of pyridine rings is 1. The number of nitrogens with one attached hydrogen (secondary N) is 4. The largest absolute Gasteiger partial charge is 0.480 e. The van der Waals surface area contributed by atoms with Crippen molar-refractivity contribution in [1.29, 1.82) is 5.26 Å². The van der Waals surface area contributed by atoms with Crippen LogP contribution in [-0.2, 0) is 38.4 Å². The second-order valence-corrected chi connectivity index (χ2v) is 16.2. The van der Waals surface area contributed by atoms with Crippen LogP contribution >= 0.6 is 0 Å². The zero-order chi connectivity index (χ0) is 50.0. The summed E-state index contributed by atoms with van der Waals surface area (Å²) in [6, 6.07) is 5.07. The minimum atomic E-state index is -3.22. The van der Waals surface area contributed by atoms with Crippen LogP contribution in [0.3, 0.4) is 0 Å². The summed E-state index contributed by atoms with van der Waals surface area (Å²) in [6.07, 6.45) is -0.438. The van der Waals surface area contributed by atoms with Crippen molar-refractivity contribution in [3.8, 4) is 6.07 Å². The quantitative estimate of drug-likeness (QED) is 0.0652. The molecule has 0 unspecified atom stereocenters. The van der Waals surface area contributed by atoms with E-state index in [1.54, 1.807) is 31.7 Å². The van der Waals surface area contributed by atoms with Gasteiger partial charge in [-0.1, -0.05) is 12.1 Å². The average molecular weight is 960 g/mol. The van der Waals surface area contributed by atoms with Crippen molar-refractivity contribution >= 4 is 70.0 Å². The normalized spacial score (nSPS) is 18.0. The topological polar surface area (TPSA) is 336 Å². The molecule has 1 aromatic heterocycles. The van der Waals surface area contributed by atoms with E-state index in [1.165, 1.54) is 24.4 Å². The molecule has 4 rings (SSSR count). The Morgan fingerprint density at radius 2 is 1.26 bits per heavy atom. The number of para-hydroxylation sites is 1. The summed E-state index contributed by atoms with van der Waals surface area (Å²) in [5, 5.41) is 58.2. The predicted octanol–water partition coefficient (Wildman–Crippen LogP) is -1.62. The maximum atomic E-state index is 13.8. The fourth-order valence-corrected chi connectivity index (χ4v) is 7.68. The number of halogens is 2. The van der Waals surface area contributed by atoms with Gasteiger partial charge in [-0.2, -0.15) is 5.26 Å². The van der Waals surface area contributed by atoms with E-state index in [1.807, 2.05) is 0 Å². The van der Waals surface area contributed by atoms with Crippen LogP contribution in [0, 0.1) is 11.3 Å². The van der Waals surface area contributed by atoms with Crippen LogP contribution in [0.25, 0.3) is 10.9 Å². The Bertz CT molecular complexity index is 2200. The Balaban J connectivity index is 1.23. The number of hydrogen-bond acceptors (Lipinski definition) is 15. The lowest BCUT2D eigenvalue weighted by Gasteiger charge is -2.35. The van der Waals surface area contributed by atoms with E-state index in [2.05, 4.69) is 26.3 Å². The summed E-state index contributed by atoms with van der Waals surface area (Å²) in [5.41, 5.74) is 0.471. The molecule has 0 radical (unpaired) electrons. The van der Waals surface area contributed by atoms with Crippen molar-refractivity contribution in [3.05, 3.63) is 36.0 Å². The predicted molar refractivity (Wildman–Crippen MR) is 233 cm³/mol. The fourth-order valence-electron chi connectivity index (χ4n) is 7.68. The number of carboxylic acids is 4. The summed E-state index contributed by atoms with van der Waals surface area (Å²) < 4.78 is 27.6. The van der Waals surface area contributed by atoms with E-state index in [9.17, 15) is 77.6 Å². The minimum Gasteiger partial charge on any atom is -0.480 e. The lowest BCUT2D eigenvalue weighted by molar-refractivity contribution is -0.145. The molecule has 3 heterocycles. The molecule has 24 nitrogen and oxygen atoms in total. The molecule has 0 spiro atoms. The standard InChI is InChI=1S/C42H55F2N11O13/c43-42(44)20-27(21-45)55(26-42)35(59)22-49-40(66)29-8-9-48-39-28(29)2-1-3-30(39)50-34(58)7-6-33(57)47-11-10-46-32(56)5-4-31(41(67)68)54-18-16-52(24-37(62)63)14-12-51(23-36(60)61)13-15-53(17-19-54)25-38(64)65/h1-3,8-9,27,31H,4-7,10-20,22-26H2,(H,46,56)(H,47,57)(H,49,66)(H,50,58)(H,60,61)(H,62,63)(H,64,65)(H,67,68)/t27-,31-/m0/s1. The monoisotopic (exact) mass is 959 g/mol. The van der Waals surface area contributed by atoms with Crippen LogP contribution in [0.2, 0.25) is 0 Å². The van der Waals surface area contributed by atoms with Crippen LogP contribution in [-0.4, -0.2) is 220 Å². The number of nitriles is 1. The van der Waals surface area contributed by atoms with E-state index in [4.69, 9.17) is 0 Å². The molecule has 2 saturated heterocycles. The number of aromatic nitrogens is 1. The first-order chi connectivity index (χ1) is 32.2. The summed E-state index contributed by atoms with van der Waals surface area (Å²) in [5.74, 6) is -11.1. The van der Waals surface area contributed by atoms with E-state index >= 15 is 0 Å². The minimum absolute atomic E-state index is 0.0313. The second kappa shape index (κ2) is 25.8. The molecule has 2 aliphatic rings. The van der Waals surface area contributed by atoms with Crippen LogP contribution < -0.4 is 21.3 Å². The second-order valence-electron chi connectivity index (χ2n) is 16.2. The van der Waals surface area contributed by atoms with Gasteiger partial charge in [0.1, 0.15) is 12.1 Å². The Labute approximate surface area is 388 Å². The number of anilines is 1. The highest BCUT2D eigenvalue weighted by Crippen LogP contribution is 2.31. The van der Waals surface area contributed by atoms with Gasteiger partial charge in [0.05, 0.1) is 55.6 Å². The molecule has 5 amide bonds. The summed E-state index contributed by atoms with van der Waals surface area (Å²) in [4.78, 5) is 122. The van der Waals surface area contributed by atoms with Gasteiger partial charge in [0.25, 0.3) is 11.8 Å². The van der Waals surface area contributed by atoms with Gasteiger partial charge in [0, 0.05) is 103 Å². The third kappa shape index (κ3) is 17.4. The number of fused-ring (bicyclic) bond motifs is 1. The molecule has 0 aliphatic carbocycles. The highest BCUT2D eigenvalue weighted by molar-refractivity contribution is 6.10. The van der Waals surface area contributed by atoms with Gasteiger partial charge in [-0.05, 0) is 18.6 Å². The van der Waals surface area contributed by atoms with Gasteiger partial charge in [0.15, 0.2) is 0 Å². The van der Waals surface area contributed by atoms with Gasteiger partial charge >= 0.3 is 23.9 Å². The molecular formula is C42H55F2N11O13. The van der Waals surface area contributed by atoms with Crippen LogP contribution in [0.15, 0.2) is 30.5 Å². The van der Waals surface area contributed by atoms with Crippen molar-refractivity contribution in [2.24, 2.45) is 0 Å². The van der Waals surface area contributed by atoms with E-state index in [-0.39, 0.29) is 120 Å². The number of carbonyl (C=O) groups is 9. The molecule has 370 valence electrons. The number of hydrogen-bond donors (Lipinski definition) is 8. The molecule has 0 bridgehead atoms. The molecule has 0 saturated carbocycles. The van der Waals surface area contributed by atoms with Crippen molar-refractivity contribution < 1.29 is 72.4 Å². The zero-order valence-electron chi connectivity index (χ0n) is 37.0. The highest BCUT2D eigenvalue weighted by atomic mass is 19.3. The first-order valence-corrected chi connectivity index (χ1v) is 21.6. The number of aliphatic carboxylic acids is 4. The van der Waals surface area contributed by atoms with Gasteiger partial charge < -0.3 is 46.6 Å². The van der Waals surface area contributed by atoms with E-state index in [0.717, 1.165) is 4.90 Å². The number of nitrogens with zero attached hydrogens (tertiary/aromatic N) is 7. The Hall–Kier alpha value is -6.95. The highest BCUT2D eigenvalue weighted by Gasteiger charge is 2.47. The van der Waals surface area contributed by atoms with Crippen molar-refractivity contribution in [1.82, 2.24) is 45.4 Å². The van der Waals surface area contributed by atoms with Gasteiger partial charge in [-0.25, -0.2) is 8.78 Å². The third-order valence-electron chi connectivity index (χ3n) is 11.1. The van der Waals surface area contributed by atoms with Gasteiger partial charge in [0.2, 0.25) is 23.6 Å². The molecular weight excluding hydrogens is 905 g/mol. The zero-order valence-corrected chi connectivity index (χ0v) is 37.0. The summed E-state index contributed by atoms with van der Waals surface area (Å²) in [7, 11) is 0. The van der Waals surface area contributed by atoms with Crippen molar-refractivity contribution in [2.75, 3.05) is 103 Å². The number of carbonyl (C=O) groups excluding carboxylic acids is 5. The van der Waals surface area contributed by atoms with E-state index in [0.29, 0.717) is 0 Å². The smallest absolute Gasteiger partial charge is 0.320 e. The summed E-state index contributed by atoms with van der Waals surface area (Å²) >= 11 is 0. The van der Waals surface area contributed by atoms with Crippen molar-refractivity contribution in [3.63, 3.8) is 0 Å². The lowest BCUT2D eigenvalue weighted by Crippen LogP contribution is -2.52. The molecule has 2 fully saturated rings. The molecule has 2 aromatic rings. The number of alkyl halides is 2. The van der Waals surface area contributed by atoms with Crippen LogP contribution in [0.5, 0.6) is 0 Å². The SMILES string of the molecule is N#C[C@@H]1CC(F)(F)CN1C(=O)CNC(=O)c1ccnc2c(NC(=O)CCC(=O)NCCNC(=O)CC[C@@H](C(=O)O)N3CCN(CC(=O)O)CCN(CC(=O)O)CCN(CC(=O)O)CC3)cccc12. The number of amides is 5. The Morgan fingerprint density at radius 3 is 1.79 bits per heavy atom. The number of benzene rings is 1. The fraction of sp³-hybridized carbons (Fsp3) is 0.548. The maximum absolute atomic E-state index is 13.8. The molecule has 2 atom stereocenters. The maximum Gasteiger partial charge on any atom is 0.320 e. The first-order valence-electron chi connectivity index (χ1n) is 21.6. The molecule has 2 aliphatic heterocycles.